The Morgan fingerprint density at radius 1 is 1.13 bits per heavy atom. The number of carbonyl (C=O) groups is 3. The van der Waals surface area contributed by atoms with Gasteiger partial charge in [0, 0.05) is 5.69 Å². The van der Waals surface area contributed by atoms with E-state index in [1.165, 1.54) is 0 Å². The Hall–Kier alpha value is -2.53. The molecule has 3 rings (SSSR count). The molecule has 0 spiro atoms. The summed E-state index contributed by atoms with van der Waals surface area (Å²) in [6.45, 7) is 4.39. The highest BCUT2D eigenvalue weighted by atomic mass is 127. The molecule has 0 aliphatic carbocycles. The Morgan fingerprint density at radius 2 is 1.84 bits per heavy atom. The molecule has 0 aromatic heterocycles. The average molecular weight is 552 g/mol. The fraction of sp³-hybridized carbons (Fsp3) is 0.227. The number of nitrogens with zero attached hydrogens (tertiary/aromatic N) is 1. The number of nitrogens with one attached hydrogen (secondary N) is 1. The minimum Gasteiger partial charge on any atom is -0.490 e. The number of anilines is 1. The summed E-state index contributed by atoms with van der Waals surface area (Å²) in [5, 5.41) is 2.20. The second-order valence-corrected chi connectivity index (χ2v) is 8.53. The number of hydrogen-bond acceptors (Lipinski definition) is 6. The molecule has 0 saturated carbocycles. The van der Waals surface area contributed by atoms with Crippen LogP contribution >= 0.6 is 34.4 Å². The monoisotopic (exact) mass is 552 g/mol. The molecule has 1 fully saturated rings. The lowest BCUT2D eigenvalue weighted by atomic mass is 10.2. The van der Waals surface area contributed by atoms with Crippen LogP contribution in [0, 0.1) is 3.57 Å². The molecule has 0 radical (unpaired) electrons. The van der Waals surface area contributed by atoms with E-state index < -0.39 is 17.1 Å². The number of para-hydroxylation sites is 1. The third-order valence-electron chi connectivity index (χ3n) is 4.15. The number of carbonyl (C=O) groups excluding carboxylic acids is 3. The van der Waals surface area contributed by atoms with Gasteiger partial charge in [-0.15, -0.1) is 0 Å². The minimum absolute atomic E-state index is 0.250. The van der Waals surface area contributed by atoms with Gasteiger partial charge in [0.25, 0.3) is 11.1 Å². The Morgan fingerprint density at radius 3 is 2.52 bits per heavy atom. The summed E-state index contributed by atoms with van der Waals surface area (Å²) in [4.78, 5) is 38.6. The predicted octanol–water partition coefficient (Wildman–Crippen LogP) is 4.76. The van der Waals surface area contributed by atoms with Crippen LogP contribution in [0.2, 0.25) is 0 Å². The molecular formula is C22H21IN2O5S. The number of halogens is 1. The summed E-state index contributed by atoms with van der Waals surface area (Å²) in [5.41, 5.74) is 1.30. The summed E-state index contributed by atoms with van der Waals surface area (Å²) < 4.78 is 12.2. The van der Waals surface area contributed by atoms with Gasteiger partial charge < -0.3 is 14.8 Å². The van der Waals surface area contributed by atoms with Crippen molar-refractivity contribution in [2.75, 3.05) is 25.1 Å². The molecule has 0 atom stereocenters. The van der Waals surface area contributed by atoms with Crippen molar-refractivity contribution >= 4 is 63.2 Å². The summed E-state index contributed by atoms with van der Waals surface area (Å²) in [7, 11) is 0. The zero-order valence-electron chi connectivity index (χ0n) is 17.0. The maximum absolute atomic E-state index is 12.8. The van der Waals surface area contributed by atoms with Crippen molar-refractivity contribution in [2.24, 2.45) is 0 Å². The van der Waals surface area contributed by atoms with Crippen molar-refractivity contribution in [1.82, 2.24) is 4.90 Å². The number of ether oxygens (including phenoxy) is 2. The molecule has 1 aliphatic rings. The van der Waals surface area contributed by atoms with Crippen LogP contribution in [0.5, 0.6) is 11.5 Å². The first kappa shape index (κ1) is 23.1. The lowest BCUT2D eigenvalue weighted by Gasteiger charge is -2.14. The molecule has 2 aromatic rings. The third-order valence-corrected chi connectivity index (χ3v) is 5.86. The molecule has 3 amide bonds. The highest BCUT2D eigenvalue weighted by molar-refractivity contribution is 14.1. The van der Waals surface area contributed by atoms with E-state index in [4.69, 9.17) is 9.47 Å². The van der Waals surface area contributed by atoms with Crippen molar-refractivity contribution in [3.05, 3.63) is 56.5 Å². The zero-order chi connectivity index (χ0) is 22.4. The SMILES string of the molecule is CCOc1cc(/C=C2\SC(=O)N(CC(=O)Nc3ccccc3)C2=O)cc(I)c1OCC. The fourth-order valence-corrected chi connectivity index (χ4v) is 4.49. The normalized spacial score (nSPS) is 14.8. The molecule has 9 heteroatoms. The van der Waals surface area contributed by atoms with Crippen LogP contribution in [0.15, 0.2) is 47.4 Å². The van der Waals surface area contributed by atoms with Crippen molar-refractivity contribution in [3.8, 4) is 11.5 Å². The summed E-state index contributed by atoms with van der Waals surface area (Å²) in [6, 6.07) is 12.5. The van der Waals surface area contributed by atoms with Gasteiger partial charge in [0.05, 0.1) is 21.7 Å². The molecule has 2 aromatic carbocycles. The molecule has 1 heterocycles. The first-order chi connectivity index (χ1) is 14.9. The summed E-state index contributed by atoms with van der Waals surface area (Å²) >= 11 is 2.95. The molecule has 1 saturated heterocycles. The van der Waals surface area contributed by atoms with Crippen LogP contribution in [0.1, 0.15) is 19.4 Å². The van der Waals surface area contributed by atoms with Gasteiger partial charge in [-0.25, -0.2) is 0 Å². The van der Waals surface area contributed by atoms with Gasteiger partial charge in [0.15, 0.2) is 11.5 Å². The third kappa shape index (κ3) is 5.79. The largest absolute Gasteiger partial charge is 0.490 e. The van der Waals surface area contributed by atoms with Gasteiger partial charge in [0.1, 0.15) is 6.54 Å². The number of amides is 3. The number of imide groups is 1. The smallest absolute Gasteiger partial charge is 0.294 e. The first-order valence-electron chi connectivity index (χ1n) is 9.62. The average Bonchev–Trinajstić information content (AvgIpc) is 2.99. The second kappa shape index (κ2) is 10.7. The van der Waals surface area contributed by atoms with Crippen LogP contribution in [0.25, 0.3) is 6.08 Å². The zero-order valence-corrected chi connectivity index (χ0v) is 20.0. The topological polar surface area (TPSA) is 84.9 Å². The van der Waals surface area contributed by atoms with Gasteiger partial charge >= 0.3 is 0 Å². The summed E-state index contributed by atoms with van der Waals surface area (Å²) in [6.07, 6.45) is 1.63. The van der Waals surface area contributed by atoms with E-state index in [-0.39, 0.29) is 11.4 Å². The lowest BCUT2D eigenvalue weighted by molar-refractivity contribution is -0.127. The molecule has 162 valence electrons. The van der Waals surface area contributed by atoms with Crippen molar-refractivity contribution in [3.63, 3.8) is 0 Å². The molecule has 7 nitrogen and oxygen atoms in total. The minimum atomic E-state index is -0.500. The second-order valence-electron chi connectivity index (χ2n) is 6.38. The maximum atomic E-state index is 12.8. The molecule has 31 heavy (non-hydrogen) atoms. The number of rotatable bonds is 8. The van der Waals surface area contributed by atoms with E-state index in [1.54, 1.807) is 36.4 Å². The highest BCUT2D eigenvalue weighted by Crippen LogP contribution is 2.37. The van der Waals surface area contributed by atoms with E-state index >= 15 is 0 Å². The lowest BCUT2D eigenvalue weighted by Crippen LogP contribution is -2.36. The van der Waals surface area contributed by atoms with Crippen molar-refractivity contribution in [1.29, 1.82) is 0 Å². The van der Waals surface area contributed by atoms with Gasteiger partial charge in [-0.2, -0.15) is 0 Å². The van der Waals surface area contributed by atoms with Crippen LogP contribution in [-0.4, -0.2) is 41.7 Å². The highest BCUT2D eigenvalue weighted by Gasteiger charge is 2.36. The van der Waals surface area contributed by atoms with Gasteiger partial charge in [0.2, 0.25) is 5.91 Å². The van der Waals surface area contributed by atoms with Crippen molar-refractivity contribution in [2.45, 2.75) is 13.8 Å². The van der Waals surface area contributed by atoms with E-state index in [1.807, 2.05) is 26.0 Å². The van der Waals surface area contributed by atoms with Gasteiger partial charge in [-0.3, -0.25) is 19.3 Å². The van der Waals surface area contributed by atoms with E-state index in [9.17, 15) is 14.4 Å². The Bertz CT molecular complexity index is 1030. The van der Waals surface area contributed by atoms with Gasteiger partial charge in [-0.05, 0) is 84.1 Å². The van der Waals surface area contributed by atoms with Crippen LogP contribution in [0.4, 0.5) is 10.5 Å². The number of benzene rings is 2. The number of hydrogen-bond donors (Lipinski definition) is 1. The Labute approximate surface area is 198 Å². The van der Waals surface area contributed by atoms with Crippen LogP contribution in [-0.2, 0) is 9.59 Å². The van der Waals surface area contributed by atoms with Crippen LogP contribution < -0.4 is 14.8 Å². The van der Waals surface area contributed by atoms with E-state index in [0.717, 1.165) is 20.2 Å². The maximum Gasteiger partial charge on any atom is 0.294 e. The Kier molecular flexibility index (Phi) is 7.97. The fourth-order valence-electron chi connectivity index (χ4n) is 2.87. The molecule has 1 aliphatic heterocycles. The molecule has 1 N–H and O–H groups in total. The quantitative estimate of drug-likeness (QED) is 0.376. The Balaban J connectivity index is 1.77. The standard InChI is InChI=1S/C22H21IN2O5S/c1-3-29-17-11-14(10-16(23)20(17)30-4-2)12-18-21(27)25(22(28)31-18)13-19(26)24-15-8-6-5-7-9-15/h5-12H,3-4,13H2,1-2H3,(H,24,26)/b18-12-. The van der Waals surface area contributed by atoms with Crippen molar-refractivity contribution < 1.29 is 23.9 Å². The molecule has 0 bridgehead atoms. The predicted molar refractivity (Wildman–Crippen MR) is 129 cm³/mol. The number of thioether (sulfide) groups is 1. The van der Waals surface area contributed by atoms with E-state index in [2.05, 4.69) is 27.9 Å². The van der Waals surface area contributed by atoms with Crippen LogP contribution in [0.3, 0.4) is 0 Å². The molecular weight excluding hydrogens is 531 g/mol. The first-order valence-corrected chi connectivity index (χ1v) is 11.5. The summed E-state index contributed by atoms with van der Waals surface area (Å²) in [5.74, 6) is 0.279. The van der Waals surface area contributed by atoms with Gasteiger partial charge in [-0.1, -0.05) is 18.2 Å². The van der Waals surface area contributed by atoms with E-state index in [0.29, 0.717) is 36.0 Å². The molecule has 0 unspecified atom stereocenters.